The minimum Gasteiger partial charge on any atom is -0.493 e. The van der Waals surface area contributed by atoms with Crippen LogP contribution in [0, 0.1) is 5.92 Å². The van der Waals surface area contributed by atoms with Gasteiger partial charge in [-0.05, 0) is 24.1 Å². The molecule has 29 heavy (non-hydrogen) atoms. The Morgan fingerprint density at radius 2 is 1.86 bits per heavy atom. The van der Waals surface area contributed by atoms with Crippen LogP contribution in [0.15, 0.2) is 24.3 Å². The molecular weight excluding hydrogens is 375 g/mol. The molecule has 0 amide bonds. The molecule has 0 bridgehead atoms. The van der Waals surface area contributed by atoms with E-state index in [4.69, 9.17) is 23.7 Å². The van der Waals surface area contributed by atoms with E-state index in [2.05, 4.69) is 6.07 Å². The van der Waals surface area contributed by atoms with E-state index in [0.717, 1.165) is 40.4 Å². The van der Waals surface area contributed by atoms with Gasteiger partial charge in [0.2, 0.25) is 0 Å². The van der Waals surface area contributed by atoms with Crippen LogP contribution >= 0.6 is 0 Å². The van der Waals surface area contributed by atoms with Crippen molar-refractivity contribution in [2.75, 3.05) is 27.5 Å². The second-order valence-electron chi connectivity index (χ2n) is 8.05. The highest BCUT2D eigenvalue weighted by atomic mass is 19.1. The summed E-state index contributed by atoms with van der Waals surface area (Å²) >= 11 is 0. The number of fused-ring (bicyclic) bond motifs is 6. The number of rotatable bonds is 4. The molecule has 1 unspecified atom stereocenters. The molecule has 5 nitrogen and oxygen atoms in total. The SMILES string of the molecule is COc1cc2c(cc1OC)[C@@H]1Cc3ccc4c(c3O[C@@H]1CO2)C[C@H](C(C)CF)O4. The Kier molecular flexibility index (Phi) is 4.45. The smallest absolute Gasteiger partial charge is 0.164 e. The summed E-state index contributed by atoms with van der Waals surface area (Å²) in [4.78, 5) is 0. The Labute approximate surface area is 169 Å². The van der Waals surface area contributed by atoms with Crippen molar-refractivity contribution in [3.05, 3.63) is 41.0 Å². The fourth-order valence-electron chi connectivity index (χ4n) is 4.62. The van der Waals surface area contributed by atoms with Gasteiger partial charge < -0.3 is 23.7 Å². The van der Waals surface area contributed by atoms with Gasteiger partial charge in [-0.1, -0.05) is 13.0 Å². The zero-order valence-corrected chi connectivity index (χ0v) is 16.9. The minimum absolute atomic E-state index is 0.0859. The maximum atomic E-state index is 13.1. The summed E-state index contributed by atoms with van der Waals surface area (Å²) in [6.45, 7) is 1.97. The predicted molar refractivity (Wildman–Crippen MR) is 106 cm³/mol. The molecule has 0 saturated heterocycles. The first-order chi connectivity index (χ1) is 14.1. The number of halogens is 1. The van der Waals surface area contributed by atoms with Gasteiger partial charge >= 0.3 is 0 Å². The zero-order chi connectivity index (χ0) is 20.1. The van der Waals surface area contributed by atoms with Gasteiger partial charge in [0, 0.05) is 35.4 Å². The maximum absolute atomic E-state index is 13.1. The number of benzene rings is 2. The first-order valence-corrected chi connectivity index (χ1v) is 10.1. The van der Waals surface area contributed by atoms with E-state index in [1.807, 2.05) is 25.1 Å². The molecule has 4 atom stereocenters. The molecule has 0 saturated carbocycles. The van der Waals surface area contributed by atoms with Crippen molar-refractivity contribution in [1.29, 1.82) is 0 Å². The van der Waals surface area contributed by atoms with Crippen molar-refractivity contribution in [2.24, 2.45) is 5.92 Å². The van der Waals surface area contributed by atoms with Gasteiger partial charge in [-0.15, -0.1) is 0 Å². The first kappa shape index (κ1) is 18.4. The highest BCUT2D eigenvalue weighted by molar-refractivity contribution is 5.57. The lowest BCUT2D eigenvalue weighted by atomic mass is 9.82. The van der Waals surface area contributed by atoms with Crippen molar-refractivity contribution in [3.63, 3.8) is 0 Å². The van der Waals surface area contributed by atoms with Gasteiger partial charge in [0.15, 0.2) is 11.5 Å². The molecule has 2 aromatic carbocycles. The third kappa shape index (κ3) is 2.88. The number of alkyl halides is 1. The van der Waals surface area contributed by atoms with Gasteiger partial charge in [0.1, 0.15) is 36.1 Å². The van der Waals surface area contributed by atoms with Crippen LogP contribution in [0.25, 0.3) is 0 Å². The summed E-state index contributed by atoms with van der Waals surface area (Å²) in [7, 11) is 3.26. The number of hydrogen-bond donors (Lipinski definition) is 0. The van der Waals surface area contributed by atoms with Crippen LogP contribution in [0.4, 0.5) is 4.39 Å². The summed E-state index contributed by atoms with van der Waals surface area (Å²) in [6, 6.07) is 7.95. The zero-order valence-electron chi connectivity index (χ0n) is 16.9. The fourth-order valence-corrected chi connectivity index (χ4v) is 4.62. The molecule has 0 radical (unpaired) electrons. The standard InChI is InChI=1S/C23H25FO5/c1-12(10-24)18-8-16-17(28-18)5-4-13-6-14-15-7-20(25-2)21(26-3)9-19(15)27-11-22(14)29-23(13)16/h4-5,7,9,12,14,18,22H,6,8,10-11H2,1-3H3/t12?,14-,18+,22+/m0/s1. The predicted octanol–water partition coefficient (Wildman–Crippen LogP) is 4.09. The molecule has 0 spiro atoms. The summed E-state index contributed by atoms with van der Waals surface area (Å²) in [5.41, 5.74) is 3.29. The number of ether oxygens (including phenoxy) is 5. The Morgan fingerprint density at radius 3 is 2.62 bits per heavy atom. The molecular formula is C23H25FO5. The molecule has 6 heteroatoms. The molecule has 154 valence electrons. The van der Waals surface area contributed by atoms with E-state index in [1.165, 1.54) is 0 Å². The topological polar surface area (TPSA) is 46.2 Å². The lowest BCUT2D eigenvalue weighted by Gasteiger charge is -2.38. The molecule has 5 rings (SSSR count). The number of hydrogen-bond acceptors (Lipinski definition) is 5. The monoisotopic (exact) mass is 400 g/mol. The minimum atomic E-state index is -0.387. The van der Waals surface area contributed by atoms with Gasteiger partial charge in [-0.3, -0.25) is 4.39 Å². The summed E-state index contributed by atoms with van der Waals surface area (Å²) in [5, 5.41) is 0. The second-order valence-corrected chi connectivity index (χ2v) is 8.05. The van der Waals surface area contributed by atoms with Crippen molar-refractivity contribution < 1.29 is 28.1 Å². The van der Waals surface area contributed by atoms with Crippen LogP contribution < -0.4 is 23.7 Å². The summed E-state index contributed by atoms with van der Waals surface area (Å²) in [5.74, 6) is 3.91. The molecule has 3 aliphatic rings. The van der Waals surface area contributed by atoms with Crippen LogP contribution in [0.5, 0.6) is 28.7 Å². The Morgan fingerprint density at radius 1 is 1.07 bits per heavy atom. The molecule has 0 fully saturated rings. The van der Waals surface area contributed by atoms with Crippen molar-refractivity contribution >= 4 is 0 Å². The van der Waals surface area contributed by atoms with E-state index < -0.39 is 0 Å². The van der Waals surface area contributed by atoms with Crippen LogP contribution in [0.3, 0.4) is 0 Å². The number of methoxy groups -OCH3 is 2. The maximum Gasteiger partial charge on any atom is 0.164 e. The summed E-state index contributed by atoms with van der Waals surface area (Å²) < 4.78 is 42.5. The van der Waals surface area contributed by atoms with Crippen molar-refractivity contribution in [2.45, 2.75) is 37.9 Å². The molecule has 0 N–H and O–H groups in total. The van der Waals surface area contributed by atoms with Crippen LogP contribution in [-0.4, -0.2) is 39.7 Å². The normalized spacial score (nSPS) is 24.6. The van der Waals surface area contributed by atoms with E-state index >= 15 is 0 Å². The third-order valence-corrected chi connectivity index (χ3v) is 6.34. The molecule has 2 aromatic rings. The lowest BCUT2D eigenvalue weighted by Crippen LogP contribution is -2.40. The molecule has 0 aliphatic carbocycles. The first-order valence-electron chi connectivity index (χ1n) is 10.1. The van der Waals surface area contributed by atoms with Crippen LogP contribution in [0.2, 0.25) is 0 Å². The Bertz CT molecular complexity index is 943. The van der Waals surface area contributed by atoms with E-state index in [9.17, 15) is 4.39 Å². The molecule has 3 aliphatic heterocycles. The van der Waals surface area contributed by atoms with Gasteiger partial charge in [0.05, 0.1) is 20.9 Å². The average molecular weight is 400 g/mol. The third-order valence-electron chi connectivity index (χ3n) is 6.34. The van der Waals surface area contributed by atoms with E-state index in [-0.39, 0.29) is 30.7 Å². The van der Waals surface area contributed by atoms with Crippen molar-refractivity contribution in [3.8, 4) is 28.7 Å². The van der Waals surface area contributed by atoms with Gasteiger partial charge in [0.25, 0.3) is 0 Å². The van der Waals surface area contributed by atoms with Crippen LogP contribution in [-0.2, 0) is 12.8 Å². The average Bonchev–Trinajstić information content (AvgIpc) is 3.21. The quantitative estimate of drug-likeness (QED) is 0.774. The highest BCUT2D eigenvalue weighted by Crippen LogP contribution is 2.49. The largest absolute Gasteiger partial charge is 0.493 e. The van der Waals surface area contributed by atoms with E-state index in [0.29, 0.717) is 24.5 Å². The van der Waals surface area contributed by atoms with Crippen molar-refractivity contribution in [1.82, 2.24) is 0 Å². The lowest BCUT2D eigenvalue weighted by molar-refractivity contribution is 0.0722. The Balaban J connectivity index is 1.49. The van der Waals surface area contributed by atoms with Gasteiger partial charge in [-0.2, -0.15) is 0 Å². The Hall–Kier alpha value is -2.63. The highest BCUT2D eigenvalue weighted by Gasteiger charge is 2.41. The molecule has 0 aromatic heterocycles. The molecule has 3 heterocycles. The van der Waals surface area contributed by atoms with Crippen LogP contribution in [0.1, 0.15) is 29.5 Å². The fraction of sp³-hybridized carbons (Fsp3) is 0.478. The van der Waals surface area contributed by atoms with E-state index in [1.54, 1.807) is 14.2 Å². The summed E-state index contributed by atoms with van der Waals surface area (Å²) in [6.07, 6.45) is 1.31. The second kappa shape index (κ2) is 7.01. The van der Waals surface area contributed by atoms with Gasteiger partial charge in [-0.25, -0.2) is 0 Å².